The lowest BCUT2D eigenvalue weighted by molar-refractivity contribution is 0.669. The summed E-state index contributed by atoms with van der Waals surface area (Å²) in [6.07, 6.45) is 0. The van der Waals surface area contributed by atoms with E-state index in [1.54, 1.807) is 0 Å². The van der Waals surface area contributed by atoms with Gasteiger partial charge in [0.05, 0.1) is 11.1 Å². The molecule has 0 fully saturated rings. The molecule has 1 aromatic heterocycles. The molecule has 3 heteroatoms. The highest BCUT2D eigenvalue weighted by Crippen LogP contribution is 2.42. The van der Waals surface area contributed by atoms with Gasteiger partial charge < -0.3 is 4.42 Å². The lowest BCUT2D eigenvalue weighted by Crippen LogP contribution is -1.90. The number of furan rings is 1. The van der Waals surface area contributed by atoms with Crippen molar-refractivity contribution in [2.75, 3.05) is 0 Å². The first kappa shape index (κ1) is 17.8. The third-order valence-corrected chi connectivity index (χ3v) is 6.69. The fourth-order valence-corrected chi connectivity index (χ4v) is 5.22. The first-order valence-corrected chi connectivity index (χ1v) is 10.7. The summed E-state index contributed by atoms with van der Waals surface area (Å²) in [5.74, 6) is 0. The van der Waals surface area contributed by atoms with Gasteiger partial charge in [-0.1, -0.05) is 54.6 Å². The number of nitrogens with zero attached hydrogens (tertiary/aromatic N) is 2. The summed E-state index contributed by atoms with van der Waals surface area (Å²) in [6, 6.07) is 33.1. The molecule has 7 aromatic rings. The predicted molar refractivity (Wildman–Crippen MR) is 133 cm³/mol. The van der Waals surface area contributed by atoms with Gasteiger partial charge in [-0.2, -0.15) is 10.5 Å². The van der Waals surface area contributed by atoms with Gasteiger partial charge in [0.1, 0.15) is 23.3 Å². The topological polar surface area (TPSA) is 60.7 Å². The maximum Gasteiger partial charge on any atom is 0.136 e. The fraction of sp³-hybridized carbons (Fsp3) is 0. The normalized spacial score (nSPS) is 11.6. The second-order valence-electron chi connectivity index (χ2n) is 8.37. The minimum Gasteiger partial charge on any atom is -0.456 e. The molecule has 0 unspecified atom stereocenters. The van der Waals surface area contributed by atoms with Crippen LogP contribution in [0.15, 0.2) is 89.3 Å². The highest BCUT2D eigenvalue weighted by atomic mass is 16.3. The van der Waals surface area contributed by atoms with Crippen molar-refractivity contribution >= 4 is 65.0 Å². The second kappa shape index (κ2) is 6.33. The molecule has 0 N–H and O–H groups in total. The van der Waals surface area contributed by atoms with Gasteiger partial charge in [0.2, 0.25) is 0 Å². The van der Waals surface area contributed by atoms with Gasteiger partial charge in [0, 0.05) is 10.8 Å². The van der Waals surface area contributed by atoms with E-state index in [-0.39, 0.29) is 0 Å². The summed E-state index contributed by atoms with van der Waals surface area (Å²) in [4.78, 5) is 0. The van der Waals surface area contributed by atoms with Crippen molar-refractivity contribution in [3.05, 3.63) is 96.1 Å². The number of hydrogen-bond donors (Lipinski definition) is 0. The largest absolute Gasteiger partial charge is 0.456 e. The number of hydrogen-bond acceptors (Lipinski definition) is 3. The van der Waals surface area contributed by atoms with Gasteiger partial charge >= 0.3 is 0 Å². The molecular formula is C30H14N2O. The molecule has 0 aliphatic heterocycles. The third kappa shape index (κ3) is 2.31. The van der Waals surface area contributed by atoms with Crippen LogP contribution in [0.25, 0.3) is 65.0 Å². The average Bonchev–Trinajstić information content (AvgIpc) is 3.24. The van der Waals surface area contributed by atoms with Crippen LogP contribution < -0.4 is 0 Å². The van der Waals surface area contributed by atoms with E-state index in [4.69, 9.17) is 4.42 Å². The van der Waals surface area contributed by atoms with Crippen LogP contribution in [-0.2, 0) is 0 Å². The molecule has 0 saturated carbocycles. The van der Waals surface area contributed by atoms with Crippen molar-refractivity contribution in [3.63, 3.8) is 0 Å². The zero-order chi connectivity index (χ0) is 22.1. The summed E-state index contributed by atoms with van der Waals surface area (Å²) in [6.45, 7) is 0. The molecule has 0 aliphatic carbocycles. The summed E-state index contributed by atoms with van der Waals surface area (Å²) in [5.41, 5.74) is 2.44. The molecule has 0 amide bonds. The maximum atomic E-state index is 9.68. The molecule has 0 atom stereocenters. The summed E-state index contributed by atoms with van der Waals surface area (Å²) < 4.78 is 6.19. The van der Waals surface area contributed by atoms with Crippen molar-refractivity contribution in [1.29, 1.82) is 10.5 Å². The molecule has 0 spiro atoms. The molecule has 0 bridgehead atoms. The highest BCUT2D eigenvalue weighted by molar-refractivity contribution is 6.33. The Morgan fingerprint density at radius 2 is 1.15 bits per heavy atom. The molecule has 7 rings (SSSR count). The summed E-state index contributed by atoms with van der Waals surface area (Å²) in [7, 11) is 0. The van der Waals surface area contributed by atoms with Crippen LogP contribution in [-0.4, -0.2) is 0 Å². The fourth-order valence-electron chi connectivity index (χ4n) is 5.22. The van der Waals surface area contributed by atoms with Gasteiger partial charge in [-0.3, -0.25) is 0 Å². The van der Waals surface area contributed by atoms with Gasteiger partial charge in [0.25, 0.3) is 0 Å². The SMILES string of the molecule is N#Cc1cc2c(cc1C#N)c1ccc3ccccc3c1c1cc3c(cc21)oc1ccccc13. The predicted octanol–water partition coefficient (Wildman–Crippen LogP) is 7.94. The van der Waals surface area contributed by atoms with Crippen molar-refractivity contribution in [1.82, 2.24) is 0 Å². The number of nitriles is 2. The van der Waals surface area contributed by atoms with E-state index in [2.05, 4.69) is 60.7 Å². The Labute approximate surface area is 188 Å². The minimum absolute atomic E-state index is 0.385. The van der Waals surface area contributed by atoms with Gasteiger partial charge in [-0.15, -0.1) is 0 Å². The Hall–Kier alpha value is -4.86. The summed E-state index contributed by atoms with van der Waals surface area (Å²) in [5, 5.41) is 30.1. The van der Waals surface area contributed by atoms with E-state index >= 15 is 0 Å². The Balaban J connectivity index is 1.84. The number of benzene rings is 6. The zero-order valence-corrected chi connectivity index (χ0v) is 17.4. The van der Waals surface area contributed by atoms with E-state index < -0.39 is 0 Å². The van der Waals surface area contributed by atoms with E-state index in [0.29, 0.717) is 11.1 Å². The lowest BCUT2D eigenvalue weighted by Gasteiger charge is -2.14. The van der Waals surface area contributed by atoms with Crippen molar-refractivity contribution < 1.29 is 4.42 Å². The lowest BCUT2D eigenvalue weighted by atomic mass is 9.88. The Kier molecular flexibility index (Phi) is 3.41. The van der Waals surface area contributed by atoms with Crippen molar-refractivity contribution in [3.8, 4) is 12.1 Å². The molecule has 150 valence electrons. The van der Waals surface area contributed by atoms with Crippen LogP contribution >= 0.6 is 0 Å². The number of rotatable bonds is 0. The molecule has 0 radical (unpaired) electrons. The zero-order valence-electron chi connectivity index (χ0n) is 17.4. The molecule has 6 aromatic carbocycles. The first-order valence-electron chi connectivity index (χ1n) is 10.7. The second-order valence-corrected chi connectivity index (χ2v) is 8.37. The number of fused-ring (bicyclic) bond motifs is 11. The van der Waals surface area contributed by atoms with Crippen molar-refractivity contribution in [2.24, 2.45) is 0 Å². The minimum atomic E-state index is 0.385. The van der Waals surface area contributed by atoms with E-state index in [0.717, 1.165) is 65.0 Å². The van der Waals surface area contributed by atoms with Crippen LogP contribution in [0.4, 0.5) is 0 Å². The molecular weight excluding hydrogens is 404 g/mol. The molecule has 33 heavy (non-hydrogen) atoms. The van der Waals surface area contributed by atoms with Crippen LogP contribution in [0.1, 0.15) is 11.1 Å². The van der Waals surface area contributed by atoms with Crippen LogP contribution in [0.5, 0.6) is 0 Å². The van der Waals surface area contributed by atoms with Gasteiger partial charge in [-0.05, 0) is 73.4 Å². The summed E-state index contributed by atoms with van der Waals surface area (Å²) >= 11 is 0. The van der Waals surface area contributed by atoms with E-state index in [9.17, 15) is 10.5 Å². The Morgan fingerprint density at radius 1 is 0.485 bits per heavy atom. The highest BCUT2D eigenvalue weighted by Gasteiger charge is 2.17. The van der Waals surface area contributed by atoms with E-state index in [1.165, 1.54) is 0 Å². The van der Waals surface area contributed by atoms with Crippen molar-refractivity contribution in [2.45, 2.75) is 0 Å². The molecule has 0 saturated heterocycles. The third-order valence-electron chi connectivity index (χ3n) is 6.69. The van der Waals surface area contributed by atoms with E-state index in [1.807, 2.05) is 36.4 Å². The quantitative estimate of drug-likeness (QED) is 0.235. The number of para-hydroxylation sites is 1. The Bertz CT molecular complexity index is 2050. The smallest absolute Gasteiger partial charge is 0.136 e. The van der Waals surface area contributed by atoms with Crippen LogP contribution in [0.3, 0.4) is 0 Å². The average molecular weight is 418 g/mol. The van der Waals surface area contributed by atoms with Crippen LogP contribution in [0, 0.1) is 22.7 Å². The molecule has 0 aliphatic rings. The van der Waals surface area contributed by atoms with Crippen LogP contribution in [0.2, 0.25) is 0 Å². The Morgan fingerprint density at radius 3 is 1.94 bits per heavy atom. The van der Waals surface area contributed by atoms with Gasteiger partial charge in [-0.25, -0.2) is 0 Å². The maximum absolute atomic E-state index is 9.68. The standard InChI is InChI=1S/C30H14N2O/c31-15-18-11-23-22-10-9-17-5-1-2-6-20(17)30(22)27-13-26-21-7-3-4-8-28(21)33-29(26)14-25(27)24(23)12-19(18)16-32/h1-14H. The first-order chi connectivity index (χ1) is 16.3. The molecule has 1 heterocycles. The van der Waals surface area contributed by atoms with Gasteiger partial charge in [0.15, 0.2) is 0 Å². The monoisotopic (exact) mass is 418 g/mol. The molecule has 3 nitrogen and oxygen atoms in total.